The van der Waals surface area contributed by atoms with Crippen molar-refractivity contribution in [2.24, 2.45) is 10.3 Å². The first-order valence-electron chi connectivity index (χ1n) is 21.8. The summed E-state index contributed by atoms with van der Waals surface area (Å²) in [7, 11) is 0. The molecule has 4 aliphatic heterocycles. The summed E-state index contributed by atoms with van der Waals surface area (Å²) in [6.45, 7) is 7.95. The van der Waals surface area contributed by atoms with Crippen LogP contribution in [0.5, 0.6) is 0 Å². The van der Waals surface area contributed by atoms with E-state index in [1.54, 1.807) is 0 Å². The average Bonchev–Trinajstić information content (AvgIpc) is 4.03. The Morgan fingerprint density at radius 3 is 1.53 bits per heavy atom. The smallest absolute Gasteiger partial charge is 0.317 e. The number of allylic oxidation sites excluding steroid dienone is 4. The number of rotatable bonds is 10. The van der Waals surface area contributed by atoms with Crippen LogP contribution >= 0.6 is 31.9 Å². The number of carboxylic acid groups (broad SMARTS) is 1. The third-order valence-electron chi connectivity index (χ3n) is 12.4. The molecule has 0 bridgehead atoms. The second kappa shape index (κ2) is 19.7. The summed E-state index contributed by atoms with van der Waals surface area (Å²) >= 11 is 7.06. The first kappa shape index (κ1) is 43.8. The zero-order valence-corrected chi connectivity index (χ0v) is 38.5. The summed E-state index contributed by atoms with van der Waals surface area (Å²) in [6.07, 6.45) is 4.65. The van der Waals surface area contributed by atoms with Gasteiger partial charge < -0.3 is 25.4 Å². The number of ketones is 2. The van der Waals surface area contributed by atoms with E-state index in [1.807, 2.05) is 89.8 Å². The third-order valence-corrected chi connectivity index (χ3v) is 13.4. The molecule has 0 radical (unpaired) electrons. The van der Waals surface area contributed by atoms with Crippen LogP contribution in [0, 0.1) is 0 Å². The van der Waals surface area contributed by atoms with Crippen molar-refractivity contribution in [3.05, 3.63) is 139 Å². The van der Waals surface area contributed by atoms with E-state index in [-0.39, 0.29) is 18.1 Å². The zero-order chi connectivity index (χ0) is 44.2. The molecule has 13 nitrogen and oxygen atoms in total. The van der Waals surface area contributed by atoms with Crippen molar-refractivity contribution in [3.63, 3.8) is 0 Å². The monoisotopic (exact) mass is 989 g/mol. The highest BCUT2D eigenvalue weighted by molar-refractivity contribution is 9.10. The van der Waals surface area contributed by atoms with Gasteiger partial charge in [0.25, 0.3) is 0 Å². The van der Waals surface area contributed by atoms with Gasteiger partial charge in [-0.3, -0.25) is 29.1 Å². The maximum Gasteiger partial charge on any atom is 0.317 e. The lowest BCUT2D eigenvalue weighted by molar-refractivity contribution is -0.138. The minimum absolute atomic E-state index is 0.0651. The van der Waals surface area contributed by atoms with Gasteiger partial charge in [-0.2, -0.15) is 0 Å². The van der Waals surface area contributed by atoms with Crippen molar-refractivity contribution in [1.29, 1.82) is 0 Å². The molecule has 6 aliphatic rings. The van der Waals surface area contributed by atoms with Gasteiger partial charge in [-0.15, -0.1) is 0 Å². The number of anilines is 2. The van der Waals surface area contributed by atoms with Crippen LogP contribution < -0.4 is 10.6 Å². The van der Waals surface area contributed by atoms with Crippen LogP contribution in [-0.2, 0) is 36.9 Å². The Morgan fingerprint density at radius 2 is 1.05 bits per heavy atom. The molecule has 0 amide bonds. The van der Waals surface area contributed by atoms with Crippen molar-refractivity contribution in [1.82, 2.24) is 14.7 Å². The molecule has 2 fully saturated rings. The fourth-order valence-corrected chi connectivity index (χ4v) is 9.88. The maximum atomic E-state index is 13.0. The number of benzene rings is 4. The number of aliphatic carboxylic acids is 1. The van der Waals surface area contributed by atoms with Crippen LogP contribution in [0.2, 0.25) is 0 Å². The number of piperazine rings is 1. The molecule has 0 saturated carbocycles. The third kappa shape index (κ3) is 9.64. The van der Waals surface area contributed by atoms with E-state index in [4.69, 9.17) is 14.8 Å². The number of likely N-dealkylation sites (tertiary alicyclic amines) is 1. The van der Waals surface area contributed by atoms with Gasteiger partial charge in [0.2, 0.25) is 0 Å². The Kier molecular flexibility index (Phi) is 13.5. The SMILES string of the molecule is O=C(O)CN1CCN(CCO/N=C2/C(=C3/C(=O)Cc4ccc(Br)cc43)Nc3ccccc32)CC1.O=C1Cc2ccc(Br)cc2/C1=C1/Nc2ccccc2/C1=N\OCCN1CCCCC1. The van der Waals surface area contributed by atoms with Crippen LogP contribution in [-0.4, -0.2) is 121 Å². The molecule has 0 unspecified atom stereocenters. The Labute approximate surface area is 389 Å². The summed E-state index contributed by atoms with van der Waals surface area (Å²) in [4.78, 5) is 55.0. The second-order valence-corrected chi connectivity index (χ2v) is 18.4. The van der Waals surface area contributed by atoms with Gasteiger partial charge in [0.05, 0.1) is 29.1 Å². The number of halogens is 2. The number of piperidine rings is 1. The number of nitrogens with one attached hydrogen (secondary N) is 2. The Morgan fingerprint density at radius 1 is 0.594 bits per heavy atom. The topological polar surface area (TPSA) is 148 Å². The number of oxime groups is 2. The van der Waals surface area contributed by atoms with E-state index in [0.717, 1.165) is 105 Å². The number of carboxylic acids is 1. The Hall–Kier alpha value is -5.45. The number of carbonyl (C=O) groups is 3. The summed E-state index contributed by atoms with van der Waals surface area (Å²) in [5.74, 6) is -0.617. The van der Waals surface area contributed by atoms with Crippen LogP contribution in [0.4, 0.5) is 11.4 Å². The summed E-state index contributed by atoms with van der Waals surface area (Å²) in [5.41, 5.74) is 11.8. The highest BCUT2D eigenvalue weighted by atomic mass is 79.9. The highest BCUT2D eigenvalue weighted by Gasteiger charge is 2.36. The van der Waals surface area contributed by atoms with Gasteiger partial charge in [0.1, 0.15) is 24.6 Å². The van der Waals surface area contributed by atoms with Crippen LogP contribution in [0.3, 0.4) is 0 Å². The number of hydrogen-bond donors (Lipinski definition) is 3. The van der Waals surface area contributed by atoms with Gasteiger partial charge in [-0.05, 0) is 84.6 Å². The van der Waals surface area contributed by atoms with Crippen LogP contribution in [0.15, 0.2) is 116 Å². The van der Waals surface area contributed by atoms with Crippen molar-refractivity contribution >= 4 is 83.3 Å². The molecule has 2 saturated heterocycles. The van der Waals surface area contributed by atoms with E-state index < -0.39 is 5.97 Å². The van der Waals surface area contributed by atoms with Gasteiger partial charge in [-0.1, -0.05) is 97.1 Å². The molecule has 3 N–H and O–H groups in total. The second-order valence-electron chi connectivity index (χ2n) is 16.6. The minimum Gasteiger partial charge on any atom is -0.480 e. The number of carbonyl (C=O) groups excluding carboxylic acids is 2. The van der Waals surface area contributed by atoms with Gasteiger partial charge >= 0.3 is 5.97 Å². The Balaban J connectivity index is 0.000000163. The molecule has 10 rings (SSSR count). The lowest BCUT2D eigenvalue weighted by atomic mass is 10.0. The number of fused-ring (bicyclic) bond motifs is 4. The lowest BCUT2D eigenvalue weighted by Gasteiger charge is -2.33. The molecule has 64 heavy (non-hydrogen) atoms. The fraction of sp³-hybridized carbons (Fsp3) is 0.327. The summed E-state index contributed by atoms with van der Waals surface area (Å²) in [6, 6.07) is 27.8. The van der Waals surface area contributed by atoms with E-state index in [2.05, 4.69) is 62.6 Å². The minimum atomic E-state index is -0.793. The van der Waals surface area contributed by atoms with E-state index >= 15 is 0 Å². The van der Waals surface area contributed by atoms with E-state index in [1.165, 1.54) is 19.3 Å². The van der Waals surface area contributed by atoms with Gasteiger partial charge in [0, 0.05) is 83.6 Å². The van der Waals surface area contributed by atoms with Crippen molar-refractivity contribution in [3.8, 4) is 0 Å². The van der Waals surface area contributed by atoms with E-state index in [9.17, 15) is 14.4 Å². The molecule has 15 heteroatoms. The molecular formula is C49H49Br2N7O6. The Bertz CT molecular complexity index is 2610. The number of nitrogens with zero attached hydrogens (tertiary/aromatic N) is 5. The fourth-order valence-electron chi connectivity index (χ4n) is 9.15. The average molecular weight is 992 g/mol. The van der Waals surface area contributed by atoms with Crippen molar-refractivity contribution in [2.75, 3.05) is 82.8 Å². The molecule has 4 aromatic carbocycles. The summed E-state index contributed by atoms with van der Waals surface area (Å²) in [5, 5.41) is 24.8. The quantitative estimate of drug-likeness (QED) is 0.0827. The number of Topliss-reactive ketones (excluding diaryl/α,β-unsaturated/α-hetero) is 2. The van der Waals surface area contributed by atoms with Crippen molar-refractivity contribution < 1.29 is 29.2 Å². The standard InChI is InChI=1S/C25H25BrN4O4.C24H24BrN3O2/c26-17-6-5-16-13-21(31)23(19(16)14-17)25-24(18-3-1-2-4-20(18)27-25)28-34-12-11-29-7-9-30(10-8-29)15-22(32)33;25-17-9-8-16-14-21(29)22(19(16)15-17)24-23(18-6-2-3-7-20(18)26-24)27-30-13-12-28-10-4-1-5-11-28/h1-6,14,27H,7-13,15H2,(H,32,33);2-3,6-9,15,26H,1,4-5,10-14H2/b25-23-,28-24+;24-22-,27-23+. The number of para-hydroxylation sites is 2. The zero-order valence-electron chi connectivity index (χ0n) is 35.4. The lowest BCUT2D eigenvalue weighted by Crippen LogP contribution is -2.48. The molecule has 4 heterocycles. The predicted molar refractivity (Wildman–Crippen MR) is 255 cm³/mol. The molecule has 4 aromatic rings. The molecule has 0 atom stereocenters. The van der Waals surface area contributed by atoms with Crippen molar-refractivity contribution in [2.45, 2.75) is 32.1 Å². The van der Waals surface area contributed by atoms with E-state index in [0.29, 0.717) is 60.9 Å². The van der Waals surface area contributed by atoms with Crippen LogP contribution in [0.1, 0.15) is 52.6 Å². The predicted octanol–water partition coefficient (Wildman–Crippen LogP) is 7.45. The maximum absolute atomic E-state index is 13.0. The largest absolute Gasteiger partial charge is 0.480 e. The molecule has 330 valence electrons. The highest BCUT2D eigenvalue weighted by Crippen LogP contribution is 2.41. The first-order chi connectivity index (χ1) is 31.2. The van der Waals surface area contributed by atoms with Crippen LogP contribution in [0.25, 0.3) is 11.1 Å². The summed E-state index contributed by atoms with van der Waals surface area (Å²) < 4.78 is 1.88. The first-order valence-corrected chi connectivity index (χ1v) is 23.4. The molecule has 0 spiro atoms. The van der Waals surface area contributed by atoms with Gasteiger partial charge in [-0.25, -0.2) is 0 Å². The van der Waals surface area contributed by atoms with Gasteiger partial charge in [0.15, 0.2) is 11.6 Å². The normalized spacial score (nSPS) is 21.8. The number of hydrogen-bond acceptors (Lipinski definition) is 12. The molecule has 2 aliphatic carbocycles. The molecular weight excluding hydrogens is 942 g/mol. The molecule has 0 aromatic heterocycles.